The molecule has 1 aromatic rings. The molecule has 1 saturated heterocycles. The van der Waals surface area contributed by atoms with Crippen LogP contribution < -0.4 is 0 Å². The Morgan fingerprint density at radius 2 is 1.65 bits per heavy atom. The van der Waals surface area contributed by atoms with Crippen LogP contribution >= 0.6 is 0 Å². The fourth-order valence-corrected chi connectivity index (χ4v) is 8.13. The first-order chi connectivity index (χ1) is 22.3. The molecule has 1 aromatic heterocycles. The Morgan fingerprint density at radius 1 is 1.00 bits per heavy atom. The van der Waals surface area contributed by atoms with E-state index in [2.05, 4.69) is 4.98 Å². The molecule has 48 heavy (non-hydrogen) atoms. The van der Waals surface area contributed by atoms with E-state index in [0.29, 0.717) is 0 Å². The largest absolute Gasteiger partial charge is 0.465 e. The fourth-order valence-electron chi connectivity index (χ4n) is 8.13. The van der Waals surface area contributed by atoms with Crippen LogP contribution in [-0.2, 0) is 52.4 Å². The van der Waals surface area contributed by atoms with Gasteiger partial charge in [-0.15, -0.1) is 0 Å². The van der Waals surface area contributed by atoms with Gasteiger partial charge in [0.2, 0.25) is 0 Å². The minimum atomic E-state index is -2.74. The second-order valence-corrected chi connectivity index (χ2v) is 13.4. The Morgan fingerprint density at radius 3 is 2.25 bits per heavy atom. The van der Waals surface area contributed by atoms with E-state index in [-0.39, 0.29) is 11.3 Å². The lowest BCUT2D eigenvalue weighted by atomic mass is 9.45. The number of aliphatic hydroxyl groups excluding tert-OH is 2. The third-order valence-electron chi connectivity index (χ3n) is 10.4. The molecule has 16 nitrogen and oxygen atoms in total. The summed E-state index contributed by atoms with van der Waals surface area (Å²) in [6, 6.07) is 2.90. The fraction of sp³-hybridized carbons (Fsp3) is 0.656. The predicted molar refractivity (Wildman–Crippen MR) is 156 cm³/mol. The first kappa shape index (κ1) is 35.3. The van der Waals surface area contributed by atoms with Gasteiger partial charge in [0, 0.05) is 32.9 Å². The second kappa shape index (κ2) is 11.9. The molecule has 0 aromatic carbocycles. The predicted octanol–water partition coefficient (Wildman–Crippen LogP) is -0.471. The number of aromatic nitrogens is 1. The summed E-state index contributed by atoms with van der Waals surface area (Å²) in [7, 11) is 0. The number of aliphatic hydroxyl groups is 3. The molecule has 5 rings (SSSR count). The van der Waals surface area contributed by atoms with Crippen molar-refractivity contribution in [3.8, 4) is 0 Å². The Hall–Kier alpha value is -3.99. The van der Waals surface area contributed by atoms with Crippen LogP contribution in [0, 0.1) is 17.3 Å². The first-order valence-corrected chi connectivity index (χ1v) is 15.4. The van der Waals surface area contributed by atoms with Crippen LogP contribution in [0.2, 0.25) is 0 Å². The van der Waals surface area contributed by atoms with Crippen molar-refractivity contribution in [3.63, 3.8) is 0 Å². The lowest BCUT2D eigenvalue weighted by Crippen LogP contribution is -2.88. The molecule has 1 spiro atoms. The lowest BCUT2D eigenvalue weighted by molar-refractivity contribution is -0.376. The summed E-state index contributed by atoms with van der Waals surface area (Å²) in [6.07, 6.45) is -9.16. The van der Waals surface area contributed by atoms with Crippen molar-refractivity contribution in [2.75, 3.05) is 13.2 Å². The SMILES string of the molecule is CC(=O)OC[C@]12[C@H](OC(C)=O)C(=O)[C@@H]3[C@@H](O)[C@@]14O[C@@]3(C)COC(=O)c1cccnc1[C@@H](C)[C@H](C)C(=O)O[C@@H]([C@H](O)[C@@H]2OC(C)=O)[C@]4(C)O. The van der Waals surface area contributed by atoms with Crippen LogP contribution in [0.15, 0.2) is 18.3 Å². The first-order valence-electron chi connectivity index (χ1n) is 15.4. The molecule has 3 N–H and O–H groups in total. The van der Waals surface area contributed by atoms with Crippen molar-refractivity contribution < 1.29 is 72.5 Å². The van der Waals surface area contributed by atoms with Crippen molar-refractivity contribution in [2.45, 2.75) is 102 Å². The van der Waals surface area contributed by atoms with E-state index in [1.54, 1.807) is 6.92 Å². The van der Waals surface area contributed by atoms with E-state index in [1.807, 2.05) is 0 Å². The molecular formula is C32H39NO15. The number of nitrogens with zero attached hydrogens (tertiary/aromatic N) is 1. The van der Waals surface area contributed by atoms with Gasteiger partial charge in [0.1, 0.15) is 47.6 Å². The number of cyclic esters (lactones) is 1. The van der Waals surface area contributed by atoms with E-state index in [0.717, 1.165) is 27.7 Å². The number of carbonyl (C=O) groups excluding carboxylic acids is 6. The molecule has 2 aliphatic heterocycles. The summed E-state index contributed by atoms with van der Waals surface area (Å²) in [5.41, 5.74) is -9.88. The van der Waals surface area contributed by atoms with Gasteiger partial charge in [0.15, 0.2) is 18.0 Å². The molecule has 2 aliphatic carbocycles. The molecule has 0 unspecified atom stereocenters. The average molecular weight is 678 g/mol. The Kier molecular flexibility index (Phi) is 8.73. The number of hydrogen-bond donors (Lipinski definition) is 3. The molecule has 0 amide bonds. The number of Topliss-reactive ketones (excluding diaryl/α,β-unsaturated/α-hetero) is 1. The maximum Gasteiger partial charge on any atom is 0.340 e. The molecule has 4 bridgehead atoms. The molecular weight excluding hydrogens is 638 g/mol. The molecule has 4 aliphatic rings. The molecule has 12 atom stereocenters. The van der Waals surface area contributed by atoms with Crippen LogP contribution in [0.4, 0.5) is 0 Å². The van der Waals surface area contributed by atoms with Gasteiger partial charge in [-0.25, -0.2) is 4.79 Å². The van der Waals surface area contributed by atoms with Crippen molar-refractivity contribution >= 4 is 35.6 Å². The molecule has 2 saturated carbocycles. The van der Waals surface area contributed by atoms with Crippen LogP contribution in [0.5, 0.6) is 0 Å². The molecule has 3 fully saturated rings. The van der Waals surface area contributed by atoms with Gasteiger partial charge in [-0.2, -0.15) is 0 Å². The van der Waals surface area contributed by atoms with E-state index in [9.17, 15) is 44.1 Å². The van der Waals surface area contributed by atoms with Crippen molar-refractivity contribution in [1.82, 2.24) is 4.98 Å². The summed E-state index contributed by atoms with van der Waals surface area (Å²) in [4.78, 5) is 83.7. The smallest absolute Gasteiger partial charge is 0.340 e. The highest BCUT2D eigenvalue weighted by Gasteiger charge is 2.90. The zero-order chi connectivity index (χ0) is 35.7. The standard InChI is InChI=1S/C32H39NO15/c1-13-14(2)27(40)47-24-22(38)26(46-17(5)36)31(12-43-15(3)34)25(45-16(4)35)21(37)19-23(39)32(31,30(24,7)42)48-29(19,6)11-44-28(41)18-9-8-10-33-20(13)18/h8-10,13-14,19,22-26,38-39,42H,11-12H2,1-7H3/t13-,14-,19+,22-,23+,24-,25+,26-,29-,30-,31+,32-/m0/s1. The summed E-state index contributed by atoms with van der Waals surface area (Å²) < 4.78 is 34.6. The quantitative estimate of drug-likeness (QED) is 0.270. The zero-order valence-corrected chi connectivity index (χ0v) is 27.5. The van der Waals surface area contributed by atoms with Crippen molar-refractivity contribution in [3.05, 3.63) is 29.6 Å². The monoisotopic (exact) mass is 677 g/mol. The maximum absolute atomic E-state index is 14.5. The molecule has 0 radical (unpaired) electrons. The van der Waals surface area contributed by atoms with Crippen molar-refractivity contribution in [2.24, 2.45) is 17.3 Å². The minimum Gasteiger partial charge on any atom is -0.465 e. The van der Waals surface area contributed by atoms with Crippen LogP contribution in [0.1, 0.15) is 70.4 Å². The van der Waals surface area contributed by atoms with Crippen LogP contribution in [0.3, 0.4) is 0 Å². The Labute approximate surface area is 275 Å². The van der Waals surface area contributed by atoms with Gasteiger partial charge in [-0.1, -0.05) is 13.8 Å². The van der Waals surface area contributed by atoms with E-state index < -0.39 is 119 Å². The summed E-state index contributed by atoms with van der Waals surface area (Å²) >= 11 is 0. The number of rotatable bonds is 4. The number of ether oxygens (including phenoxy) is 6. The summed E-state index contributed by atoms with van der Waals surface area (Å²) in [5.74, 6) is -9.59. The normalized spacial score (nSPS) is 42.1. The Balaban J connectivity index is 1.86. The topological polar surface area (TPSA) is 231 Å². The van der Waals surface area contributed by atoms with Gasteiger partial charge in [0.25, 0.3) is 0 Å². The van der Waals surface area contributed by atoms with Gasteiger partial charge in [-0.3, -0.25) is 29.0 Å². The van der Waals surface area contributed by atoms with Crippen molar-refractivity contribution in [1.29, 1.82) is 0 Å². The van der Waals surface area contributed by atoms with Gasteiger partial charge in [0.05, 0.1) is 29.2 Å². The second-order valence-electron chi connectivity index (χ2n) is 13.4. The van der Waals surface area contributed by atoms with E-state index in [1.165, 1.54) is 32.2 Å². The zero-order valence-electron chi connectivity index (χ0n) is 27.5. The number of esters is 5. The number of carbonyl (C=O) groups is 6. The number of pyridine rings is 1. The van der Waals surface area contributed by atoms with Gasteiger partial charge >= 0.3 is 29.8 Å². The van der Waals surface area contributed by atoms with Crippen LogP contribution in [-0.4, -0.2) is 116 Å². The third-order valence-corrected chi connectivity index (χ3v) is 10.4. The minimum absolute atomic E-state index is 0.0135. The summed E-state index contributed by atoms with van der Waals surface area (Å²) in [6.45, 7) is 6.59. The average Bonchev–Trinajstić information content (AvgIpc) is 3.22. The number of fused-ring (bicyclic) bond motifs is 5. The Bertz CT molecular complexity index is 1560. The number of ketones is 1. The highest BCUT2D eigenvalue weighted by Crippen LogP contribution is 2.67. The number of hydrogen-bond acceptors (Lipinski definition) is 16. The highest BCUT2D eigenvalue weighted by atomic mass is 16.6. The summed E-state index contributed by atoms with van der Waals surface area (Å²) in [5, 5.41) is 36.9. The van der Waals surface area contributed by atoms with E-state index >= 15 is 0 Å². The lowest BCUT2D eigenvalue weighted by Gasteiger charge is -2.66. The van der Waals surface area contributed by atoms with Gasteiger partial charge in [-0.05, 0) is 26.0 Å². The molecule has 16 heteroatoms. The highest BCUT2D eigenvalue weighted by molar-refractivity contribution is 5.94. The maximum atomic E-state index is 14.5. The third kappa shape index (κ3) is 4.82. The van der Waals surface area contributed by atoms with E-state index in [4.69, 9.17) is 28.4 Å². The van der Waals surface area contributed by atoms with Gasteiger partial charge < -0.3 is 43.7 Å². The molecule has 3 heterocycles. The van der Waals surface area contributed by atoms with Crippen LogP contribution in [0.25, 0.3) is 0 Å². The molecule has 262 valence electrons.